The second-order valence-electron chi connectivity index (χ2n) is 18.6. The highest BCUT2D eigenvalue weighted by molar-refractivity contribution is 5.76. The van der Waals surface area contributed by atoms with Crippen LogP contribution in [0.15, 0.2) is 36.5 Å². The van der Waals surface area contributed by atoms with Crippen LogP contribution in [0.5, 0.6) is 0 Å². The van der Waals surface area contributed by atoms with E-state index < -0.39 is 12.1 Å². The van der Waals surface area contributed by atoms with E-state index in [-0.39, 0.29) is 18.5 Å². The first-order valence-electron chi connectivity index (χ1n) is 27.3. The van der Waals surface area contributed by atoms with Gasteiger partial charge < -0.3 is 20.3 Å². The Morgan fingerprint density at radius 3 is 1.29 bits per heavy atom. The van der Waals surface area contributed by atoms with Crippen molar-refractivity contribution in [2.45, 2.75) is 296 Å². The Bertz CT molecular complexity index is 1010. The van der Waals surface area contributed by atoms with Gasteiger partial charge in [0.25, 0.3) is 0 Å². The average molecular weight is 872 g/mol. The third-order valence-electron chi connectivity index (χ3n) is 12.4. The standard InChI is InChI=1S/C56H105NO5/c1-3-5-7-9-11-13-15-16-17-18-19-20-22-25-29-32-36-40-44-48-54(59)53(52-58)57-55(60)49-45-41-37-33-30-26-23-21-24-27-31-35-39-43-47-51-62-56(61)50-46-42-38-34-28-14-12-10-8-6-4-2/h10,12,21,24,27,31,53-54,58-59H,3-9,11,13-20,22-23,25-26,28-30,32-52H2,1-2H3,(H,57,60)/b12-10-,24-21-,31-27-. The Morgan fingerprint density at radius 2 is 0.823 bits per heavy atom. The number of rotatable bonds is 50. The van der Waals surface area contributed by atoms with Crippen LogP contribution in [0, 0.1) is 0 Å². The number of unbranched alkanes of at least 4 members (excludes halogenated alkanes) is 34. The summed E-state index contributed by atoms with van der Waals surface area (Å²) in [5.74, 6) is -0.0895. The molecule has 2 unspecified atom stereocenters. The van der Waals surface area contributed by atoms with Gasteiger partial charge in [0.1, 0.15) is 0 Å². The van der Waals surface area contributed by atoms with E-state index in [0.717, 1.165) is 77.0 Å². The van der Waals surface area contributed by atoms with Crippen LogP contribution in [-0.4, -0.2) is 47.4 Å². The van der Waals surface area contributed by atoms with Crippen molar-refractivity contribution in [1.82, 2.24) is 5.32 Å². The maximum atomic E-state index is 12.5. The number of carbonyl (C=O) groups excluding carboxylic acids is 2. The molecule has 6 heteroatoms. The zero-order chi connectivity index (χ0) is 45.1. The van der Waals surface area contributed by atoms with Gasteiger partial charge in [0, 0.05) is 12.8 Å². The van der Waals surface area contributed by atoms with Crippen LogP contribution in [-0.2, 0) is 14.3 Å². The first-order chi connectivity index (χ1) is 30.5. The van der Waals surface area contributed by atoms with Gasteiger partial charge in [-0.2, -0.15) is 0 Å². The van der Waals surface area contributed by atoms with Gasteiger partial charge in [-0.3, -0.25) is 9.59 Å². The van der Waals surface area contributed by atoms with Gasteiger partial charge in [-0.05, 0) is 77.0 Å². The molecule has 0 heterocycles. The van der Waals surface area contributed by atoms with Crippen LogP contribution in [0.25, 0.3) is 0 Å². The van der Waals surface area contributed by atoms with E-state index in [4.69, 9.17) is 4.74 Å². The fourth-order valence-electron chi connectivity index (χ4n) is 8.20. The van der Waals surface area contributed by atoms with Crippen molar-refractivity contribution in [3.63, 3.8) is 0 Å². The highest BCUT2D eigenvalue weighted by Crippen LogP contribution is 2.16. The molecule has 1 amide bonds. The van der Waals surface area contributed by atoms with E-state index in [1.54, 1.807) is 0 Å². The molecule has 0 saturated heterocycles. The van der Waals surface area contributed by atoms with Gasteiger partial charge in [0.15, 0.2) is 0 Å². The lowest BCUT2D eigenvalue weighted by atomic mass is 10.0. The summed E-state index contributed by atoms with van der Waals surface area (Å²) in [6.07, 6.45) is 62.7. The summed E-state index contributed by atoms with van der Waals surface area (Å²) < 4.78 is 5.42. The fraction of sp³-hybridized carbons (Fsp3) is 0.857. The normalized spacial score (nSPS) is 12.9. The molecule has 0 bridgehead atoms. The summed E-state index contributed by atoms with van der Waals surface area (Å²) in [4.78, 5) is 24.4. The van der Waals surface area contributed by atoms with E-state index in [1.807, 2.05) is 0 Å². The SMILES string of the molecule is CCCC/C=C\CCCCCCCC(=O)OCCCCC/C=C\C=C/CCCCCCCCC(=O)NC(CO)C(O)CCCCCCCCCCCCCCCCCCCCC. The van der Waals surface area contributed by atoms with Crippen LogP contribution < -0.4 is 5.32 Å². The molecule has 0 radical (unpaired) electrons. The number of hydrogen-bond acceptors (Lipinski definition) is 5. The summed E-state index contributed by atoms with van der Waals surface area (Å²) in [5, 5.41) is 23.3. The Hall–Kier alpha value is -1.92. The highest BCUT2D eigenvalue weighted by atomic mass is 16.5. The molecule has 0 aliphatic heterocycles. The molecule has 0 aromatic rings. The number of aliphatic hydroxyl groups is 2. The Morgan fingerprint density at radius 1 is 0.452 bits per heavy atom. The third-order valence-corrected chi connectivity index (χ3v) is 12.4. The summed E-state index contributed by atoms with van der Waals surface area (Å²) in [5.41, 5.74) is 0. The smallest absolute Gasteiger partial charge is 0.305 e. The topological polar surface area (TPSA) is 95.9 Å². The number of hydrogen-bond donors (Lipinski definition) is 3. The molecule has 364 valence electrons. The minimum absolute atomic E-state index is 0.0329. The molecule has 0 aromatic heterocycles. The maximum Gasteiger partial charge on any atom is 0.305 e. The van der Waals surface area contributed by atoms with Gasteiger partial charge in [-0.25, -0.2) is 0 Å². The molecule has 2 atom stereocenters. The van der Waals surface area contributed by atoms with Crippen molar-refractivity contribution in [3.8, 4) is 0 Å². The number of aliphatic hydroxyl groups excluding tert-OH is 2. The fourth-order valence-corrected chi connectivity index (χ4v) is 8.20. The molecule has 0 spiro atoms. The summed E-state index contributed by atoms with van der Waals surface area (Å²) in [6, 6.07) is -0.559. The average Bonchev–Trinajstić information content (AvgIpc) is 3.27. The van der Waals surface area contributed by atoms with Crippen molar-refractivity contribution in [2.75, 3.05) is 13.2 Å². The first kappa shape index (κ1) is 60.1. The summed E-state index contributed by atoms with van der Waals surface area (Å²) in [6.45, 7) is 4.86. The van der Waals surface area contributed by atoms with Crippen molar-refractivity contribution in [2.24, 2.45) is 0 Å². The van der Waals surface area contributed by atoms with Gasteiger partial charge in [0.05, 0.1) is 25.4 Å². The van der Waals surface area contributed by atoms with Crippen molar-refractivity contribution in [3.05, 3.63) is 36.5 Å². The largest absolute Gasteiger partial charge is 0.466 e. The predicted molar refractivity (Wildman–Crippen MR) is 269 cm³/mol. The second-order valence-corrected chi connectivity index (χ2v) is 18.6. The molecular formula is C56H105NO5. The zero-order valence-electron chi connectivity index (χ0n) is 41.4. The van der Waals surface area contributed by atoms with Crippen LogP contribution in [0.3, 0.4) is 0 Å². The molecule has 0 rings (SSSR count). The molecule has 6 nitrogen and oxygen atoms in total. The number of ether oxygens (including phenoxy) is 1. The minimum Gasteiger partial charge on any atom is -0.466 e. The van der Waals surface area contributed by atoms with Crippen molar-refractivity contribution in [1.29, 1.82) is 0 Å². The molecule has 0 aromatic carbocycles. The minimum atomic E-state index is -0.679. The first-order valence-corrected chi connectivity index (χ1v) is 27.3. The van der Waals surface area contributed by atoms with E-state index in [2.05, 4.69) is 55.6 Å². The van der Waals surface area contributed by atoms with E-state index in [9.17, 15) is 19.8 Å². The Labute approximate surface area is 385 Å². The Balaban J connectivity index is 3.53. The Kier molecular flexibility index (Phi) is 50.1. The monoisotopic (exact) mass is 872 g/mol. The van der Waals surface area contributed by atoms with E-state index in [1.165, 1.54) is 173 Å². The van der Waals surface area contributed by atoms with Crippen LogP contribution in [0.1, 0.15) is 284 Å². The molecular weight excluding hydrogens is 767 g/mol. The van der Waals surface area contributed by atoms with Gasteiger partial charge in [0.2, 0.25) is 5.91 Å². The molecule has 0 aliphatic carbocycles. The number of esters is 1. The zero-order valence-corrected chi connectivity index (χ0v) is 41.4. The lowest BCUT2D eigenvalue weighted by Crippen LogP contribution is -2.45. The van der Waals surface area contributed by atoms with Crippen molar-refractivity contribution < 1.29 is 24.5 Å². The lowest BCUT2D eigenvalue weighted by molar-refractivity contribution is -0.143. The van der Waals surface area contributed by atoms with Crippen LogP contribution in [0.2, 0.25) is 0 Å². The van der Waals surface area contributed by atoms with Gasteiger partial charge >= 0.3 is 5.97 Å². The van der Waals surface area contributed by atoms with Gasteiger partial charge in [-0.1, -0.05) is 230 Å². The highest BCUT2D eigenvalue weighted by Gasteiger charge is 2.20. The van der Waals surface area contributed by atoms with Crippen molar-refractivity contribution >= 4 is 11.9 Å². The molecule has 0 saturated carbocycles. The molecule has 0 fully saturated rings. The third kappa shape index (κ3) is 47.6. The molecule has 0 aliphatic rings. The lowest BCUT2D eigenvalue weighted by Gasteiger charge is -2.22. The number of nitrogens with one attached hydrogen (secondary N) is 1. The van der Waals surface area contributed by atoms with E-state index >= 15 is 0 Å². The predicted octanol–water partition coefficient (Wildman–Crippen LogP) is 16.5. The summed E-state index contributed by atoms with van der Waals surface area (Å²) >= 11 is 0. The van der Waals surface area contributed by atoms with Gasteiger partial charge in [-0.15, -0.1) is 0 Å². The number of allylic oxidation sites excluding steroid dienone is 6. The molecule has 3 N–H and O–H groups in total. The van der Waals surface area contributed by atoms with E-state index in [0.29, 0.717) is 25.9 Å². The van der Waals surface area contributed by atoms with Crippen LogP contribution in [0.4, 0.5) is 0 Å². The molecule has 62 heavy (non-hydrogen) atoms. The maximum absolute atomic E-state index is 12.5. The number of amides is 1. The quantitative estimate of drug-likeness (QED) is 0.0245. The summed E-state index contributed by atoms with van der Waals surface area (Å²) in [7, 11) is 0. The van der Waals surface area contributed by atoms with Crippen LogP contribution >= 0.6 is 0 Å². The second kappa shape index (κ2) is 51.7. The number of carbonyl (C=O) groups is 2.